The fourth-order valence-corrected chi connectivity index (χ4v) is 1.34. The maximum atomic E-state index is 10.4. The van der Waals surface area contributed by atoms with E-state index in [1.807, 2.05) is 24.4 Å². The van der Waals surface area contributed by atoms with Crippen LogP contribution in [0.15, 0.2) is 29.6 Å². The second kappa shape index (κ2) is 2.77. The highest BCUT2D eigenvalue weighted by Gasteiger charge is 2.08. The van der Waals surface area contributed by atoms with Gasteiger partial charge in [-0.15, -0.1) is 4.91 Å². The molecule has 3 nitrogen and oxygen atoms in total. The smallest absolute Gasteiger partial charge is 0.113 e. The zero-order valence-corrected chi connectivity index (χ0v) is 6.45. The molecule has 0 radical (unpaired) electrons. The van der Waals surface area contributed by atoms with Gasteiger partial charge in [-0.3, -0.25) is 0 Å². The van der Waals surface area contributed by atoms with Crippen molar-refractivity contribution >= 4 is 11.8 Å². The van der Waals surface area contributed by atoms with Crippen molar-refractivity contribution in [1.82, 2.24) is 5.32 Å². The van der Waals surface area contributed by atoms with Gasteiger partial charge in [-0.25, -0.2) is 0 Å². The van der Waals surface area contributed by atoms with Crippen LogP contribution in [0.25, 0.3) is 6.08 Å². The Hall–Kier alpha value is -1.64. The van der Waals surface area contributed by atoms with E-state index < -0.39 is 0 Å². The molecular weight excluding hydrogens is 152 g/mol. The van der Waals surface area contributed by atoms with Crippen LogP contribution in [0.2, 0.25) is 0 Å². The van der Waals surface area contributed by atoms with E-state index in [4.69, 9.17) is 0 Å². The molecule has 1 aromatic carbocycles. The van der Waals surface area contributed by atoms with Gasteiger partial charge in [-0.05, 0) is 29.1 Å². The topological polar surface area (TPSA) is 41.5 Å². The molecule has 0 fully saturated rings. The van der Waals surface area contributed by atoms with Crippen LogP contribution in [0.3, 0.4) is 0 Å². The Kier molecular flexibility index (Phi) is 1.63. The first-order chi connectivity index (χ1) is 5.92. The first-order valence-corrected chi connectivity index (χ1v) is 3.77. The summed E-state index contributed by atoms with van der Waals surface area (Å²) in [5.41, 5.74) is 2.59. The summed E-state index contributed by atoms with van der Waals surface area (Å²) in [6.45, 7) is 0.688. The van der Waals surface area contributed by atoms with Crippen molar-refractivity contribution in [3.8, 4) is 0 Å². The summed E-state index contributed by atoms with van der Waals surface area (Å²) in [6.07, 6.45) is 3.81. The summed E-state index contributed by atoms with van der Waals surface area (Å²) in [5, 5.41) is 6.00. The molecule has 0 amide bonds. The maximum Gasteiger partial charge on any atom is 0.113 e. The van der Waals surface area contributed by atoms with E-state index in [0.29, 0.717) is 12.2 Å². The van der Waals surface area contributed by atoms with Crippen LogP contribution in [0.1, 0.15) is 11.1 Å². The van der Waals surface area contributed by atoms with E-state index in [1.165, 1.54) is 0 Å². The number of rotatable bonds is 1. The monoisotopic (exact) mass is 160 g/mol. The average Bonchev–Trinajstić information content (AvgIpc) is 2.17. The number of nitrogens with zero attached hydrogens (tertiary/aromatic N) is 1. The predicted molar refractivity (Wildman–Crippen MR) is 47.8 cm³/mol. The van der Waals surface area contributed by atoms with Crippen LogP contribution < -0.4 is 5.32 Å². The van der Waals surface area contributed by atoms with E-state index in [9.17, 15) is 4.91 Å². The minimum atomic E-state index is 0.532. The maximum absolute atomic E-state index is 10.4. The van der Waals surface area contributed by atoms with Crippen molar-refractivity contribution < 1.29 is 0 Å². The van der Waals surface area contributed by atoms with Gasteiger partial charge in [0, 0.05) is 12.1 Å². The van der Waals surface area contributed by atoms with Gasteiger partial charge >= 0.3 is 0 Å². The standard InChI is InChI=1S/C9H8N2O/c12-11-9-3-1-2-7-4-5-10-6-8(7)9/h1-5,10H,6H2. The Morgan fingerprint density at radius 2 is 2.33 bits per heavy atom. The van der Waals surface area contributed by atoms with Crippen molar-refractivity contribution in [3.63, 3.8) is 0 Å². The molecule has 1 N–H and O–H groups in total. The lowest BCUT2D eigenvalue weighted by Crippen LogP contribution is -2.09. The fourth-order valence-electron chi connectivity index (χ4n) is 1.34. The number of nitroso groups, excluding NO2 is 1. The summed E-state index contributed by atoms with van der Waals surface area (Å²) in [7, 11) is 0. The van der Waals surface area contributed by atoms with Crippen molar-refractivity contribution in [2.45, 2.75) is 6.54 Å². The Balaban J connectivity index is 2.60. The van der Waals surface area contributed by atoms with Gasteiger partial charge in [0.05, 0.1) is 0 Å². The van der Waals surface area contributed by atoms with Gasteiger partial charge in [-0.2, -0.15) is 0 Å². The van der Waals surface area contributed by atoms with Crippen LogP contribution >= 0.6 is 0 Å². The zero-order chi connectivity index (χ0) is 8.39. The largest absolute Gasteiger partial charge is 0.387 e. The fraction of sp³-hybridized carbons (Fsp3) is 0.111. The second-order valence-corrected chi connectivity index (χ2v) is 2.65. The minimum absolute atomic E-state index is 0.532. The molecule has 0 atom stereocenters. The quantitative estimate of drug-likeness (QED) is 0.639. The Morgan fingerprint density at radius 3 is 3.17 bits per heavy atom. The molecule has 1 heterocycles. The molecule has 1 aromatic rings. The van der Waals surface area contributed by atoms with Gasteiger partial charge in [0.2, 0.25) is 0 Å². The number of fused-ring (bicyclic) bond motifs is 1. The van der Waals surface area contributed by atoms with Crippen molar-refractivity contribution in [2.24, 2.45) is 5.18 Å². The lowest BCUT2D eigenvalue weighted by atomic mass is 10.0. The number of hydrogen-bond acceptors (Lipinski definition) is 3. The molecule has 12 heavy (non-hydrogen) atoms. The molecule has 0 unspecified atom stereocenters. The summed E-state index contributed by atoms with van der Waals surface area (Å²) < 4.78 is 0. The highest BCUT2D eigenvalue weighted by atomic mass is 16.3. The molecule has 1 aliphatic rings. The van der Waals surface area contributed by atoms with Gasteiger partial charge in [0.1, 0.15) is 5.69 Å². The first-order valence-electron chi connectivity index (χ1n) is 3.77. The summed E-state index contributed by atoms with van der Waals surface area (Å²) in [4.78, 5) is 10.4. The highest BCUT2D eigenvalue weighted by Crippen LogP contribution is 2.25. The summed E-state index contributed by atoms with van der Waals surface area (Å²) >= 11 is 0. The number of hydrogen-bond donors (Lipinski definition) is 1. The van der Waals surface area contributed by atoms with Crippen molar-refractivity contribution in [1.29, 1.82) is 0 Å². The molecule has 0 saturated heterocycles. The molecular formula is C9H8N2O. The van der Waals surface area contributed by atoms with Crippen LogP contribution in [0.4, 0.5) is 5.69 Å². The van der Waals surface area contributed by atoms with E-state index in [0.717, 1.165) is 11.1 Å². The van der Waals surface area contributed by atoms with E-state index >= 15 is 0 Å². The Morgan fingerprint density at radius 1 is 1.42 bits per heavy atom. The lowest BCUT2D eigenvalue weighted by molar-refractivity contribution is 0.859. The van der Waals surface area contributed by atoms with Gasteiger partial charge < -0.3 is 5.32 Å². The summed E-state index contributed by atoms with van der Waals surface area (Å²) in [5.74, 6) is 0. The van der Waals surface area contributed by atoms with E-state index in [1.54, 1.807) is 6.07 Å². The molecule has 0 aromatic heterocycles. The predicted octanol–water partition coefficient (Wildman–Crippen LogP) is 2.16. The molecule has 0 bridgehead atoms. The van der Waals surface area contributed by atoms with Gasteiger partial charge in [0.25, 0.3) is 0 Å². The number of benzene rings is 1. The average molecular weight is 160 g/mol. The van der Waals surface area contributed by atoms with Crippen molar-refractivity contribution in [2.75, 3.05) is 0 Å². The molecule has 0 saturated carbocycles. The molecule has 1 aliphatic heterocycles. The van der Waals surface area contributed by atoms with Gasteiger partial charge in [-0.1, -0.05) is 12.1 Å². The van der Waals surface area contributed by atoms with Crippen LogP contribution in [-0.4, -0.2) is 0 Å². The third-order valence-corrected chi connectivity index (χ3v) is 1.95. The van der Waals surface area contributed by atoms with Crippen LogP contribution in [0.5, 0.6) is 0 Å². The molecule has 2 rings (SSSR count). The Labute approximate surface area is 70.1 Å². The third kappa shape index (κ3) is 0.993. The Bertz CT molecular complexity index is 344. The second-order valence-electron chi connectivity index (χ2n) is 2.65. The first kappa shape index (κ1) is 7.03. The van der Waals surface area contributed by atoms with E-state index in [-0.39, 0.29) is 0 Å². The molecule has 60 valence electrons. The van der Waals surface area contributed by atoms with Crippen molar-refractivity contribution in [3.05, 3.63) is 40.4 Å². The van der Waals surface area contributed by atoms with E-state index in [2.05, 4.69) is 10.5 Å². The normalized spacial score (nSPS) is 13.3. The third-order valence-electron chi connectivity index (χ3n) is 1.95. The molecule has 0 aliphatic carbocycles. The lowest BCUT2D eigenvalue weighted by Gasteiger charge is -2.12. The SMILES string of the molecule is O=Nc1cccc2c1CNC=C2. The molecule has 0 spiro atoms. The van der Waals surface area contributed by atoms with Crippen LogP contribution in [0, 0.1) is 4.91 Å². The molecule has 3 heteroatoms. The zero-order valence-electron chi connectivity index (χ0n) is 6.45. The van der Waals surface area contributed by atoms with Crippen LogP contribution in [-0.2, 0) is 6.54 Å². The minimum Gasteiger partial charge on any atom is -0.387 e. The summed E-state index contributed by atoms with van der Waals surface area (Å²) in [6, 6.07) is 5.54. The highest BCUT2D eigenvalue weighted by molar-refractivity contribution is 5.63. The van der Waals surface area contributed by atoms with Gasteiger partial charge in [0.15, 0.2) is 0 Å². The number of nitrogens with one attached hydrogen (secondary N) is 1.